The van der Waals surface area contributed by atoms with Gasteiger partial charge >= 0.3 is 6.03 Å². The highest BCUT2D eigenvalue weighted by Gasteiger charge is 2.00. The first-order chi connectivity index (χ1) is 9.24. The Hall–Kier alpha value is -2.04. The van der Waals surface area contributed by atoms with Gasteiger partial charge in [0.15, 0.2) is 0 Å². The number of unbranched alkanes of at least 4 members (excludes halogenated alkanes) is 3. The van der Waals surface area contributed by atoms with Gasteiger partial charge in [-0.2, -0.15) is 5.10 Å². The third-order valence-corrected chi connectivity index (χ3v) is 2.55. The molecule has 0 spiro atoms. The smallest absolute Gasteiger partial charge is 0.332 e. The van der Waals surface area contributed by atoms with E-state index in [0.717, 1.165) is 17.7 Å². The predicted molar refractivity (Wildman–Crippen MR) is 76.4 cm³/mol. The van der Waals surface area contributed by atoms with E-state index in [-0.39, 0.29) is 0 Å². The monoisotopic (exact) mass is 263 g/mol. The van der Waals surface area contributed by atoms with E-state index in [1.807, 2.05) is 24.3 Å². The molecule has 0 bridgehead atoms. The number of carbonyl (C=O) groups excluding carboxylic acids is 1. The van der Waals surface area contributed by atoms with Crippen molar-refractivity contribution in [1.29, 1.82) is 0 Å². The molecule has 1 aromatic carbocycles. The number of para-hydroxylation sites is 1. The molecular weight excluding hydrogens is 242 g/mol. The summed E-state index contributed by atoms with van der Waals surface area (Å²) in [5, 5.41) is 3.73. The Kier molecular flexibility index (Phi) is 7.09. The fourth-order valence-corrected chi connectivity index (χ4v) is 1.60. The van der Waals surface area contributed by atoms with Crippen LogP contribution in [0.15, 0.2) is 29.4 Å². The number of ether oxygens (including phenoxy) is 1. The number of rotatable bonds is 8. The van der Waals surface area contributed by atoms with Crippen molar-refractivity contribution in [1.82, 2.24) is 5.43 Å². The zero-order chi connectivity index (χ0) is 13.9. The summed E-state index contributed by atoms with van der Waals surface area (Å²) < 4.78 is 5.71. The highest BCUT2D eigenvalue weighted by molar-refractivity contribution is 5.84. The van der Waals surface area contributed by atoms with Gasteiger partial charge in [-0.1, -0.05) is 38.3 Å². The zero-order valence-electron chi connectivity index (χ0n) is 11.3. The molecule has 0 fully saturated rings. The van der Waals surface area contributed by atoms with Crippen LogP contribution in [0.25, 0.3) is 0 Å². The summed E-state index contributed by atoms with van der Waals surface area (Å²) >= 11 is 0. The second-order valence-corrected chi connectivity index (χ2v) is 4.18. The molecule has 0 saturated heterocycles. The average Bonchev–Trinajstić information content (AvgIpc) is 2.40. The first kappa shape index (κ1) is 15.0. The summed E-state index contributed by atoms with van der Waals surface area (Å²) in [5.41, 5.74) is 7.90. The molecule has 0 aliphatic heterocycles. The molecule has 0 saturated carbocycles. The largest absolute Gasteiger partial charge is 0.493 e. The predicted octanol–water partition coefficient (Wildman–Crippen LogP) is 2.65. The first-order valence-electron chi connectivity index (χ1n) is 6.54. The SMILES string of the molecule is CCCCCCOc1ccccc1/C=N\NC(N)=O. The fraction of sp³-hybridized carbons (Fsp3) is 0.429. The second kappa shape index (κ2) is 8.97. The Morgan fingerprint density at radius 3 is 2.89 bits per heavy atom. The molecule has 5 nitrogen and oxygen atoms in total. The Morgan fingerprint density at radius 2 is 2.16 bits per heavy atom. The normalized spacial score (nSPS) is 10.6. The van der Waals surface area contributed by atoms with E-state index in [2.05, 4.69) is 17.5 Å². The van der Waals surface area contributed by atoms with Crippen LogP contribution in [0, 0.1) is 0 Å². The van der Waals surface area contributed by atoms with E-state index >= 15 is 0 Å². The molecule has 1 rings (SSSR count). The molecule has 3 N–H and O–H groups in total. The molecule has 5 heteroatoms. The van der Waals surface area contributed by atoms with Crippen LogP contribution >= 0.6 is 0 Å². The molecule has 0 aliphatic rings. The van der Waals surface area contributed by atoms with Gasteiger partial charge in [0.2, 0.25) is 0 Å². The third kappa shape index (κ3) is 6.45. The van der Waals surface area contributed by atoms with Crippen molar-refractivity contribution < 1.29 is 9.53 Å². The molecule has 19 heavy (non-hydrogen) atoms. The molecule has 0 radical (unpaired) electrons. The van der Waals surface area contributed by atoms with Gasteiger partial charge < -0.3 is 10.5 Å². The highest BCUT2D eigenvalue weighted by Crippen LogP contribution is 2.16. The summed E-state index contributed by atoms with van der Waals surface area (Å²) in [7, 11) is 0. The van der Waals surface area contributed by atoms with Crippen molar-refractivity contribution in [3.63, 3.8) is 0 Å². The van der Waals surface area contributed by atoms with Gasteiger partial charge in [-0.15, -0.1) is 0 Å². The Morgan fingerprint density at radius 1 is 1.37 bits per heavy atom. The number of carbonyl (C=O) groups is 1. The topological polar surface area (TPSA) is 76.7 Å². The second-order valence-electron chi connectivity index (χ2n) is 4.18. The summed E-state index contributed by atoms with van der Waals surface area (Å²) in [5.74, 6) is 0.758. The van der Waals surface area contributed by atoms with E-state index in [1.54, 1.807) is 0 Å². The van der Waals surface area contributed by atoms with E-state index in [0.29, 0.717) is 6.61 Å². The number of nitrogens with one attached hydrogen (secondary N) is 1. The van der Waals surface area contributed by atoms with Gasteiger partial charge in [-0.3, -0.25) is 0 Å². The molecule has 1 aromatic rings. The standard InChI is InChI=1S/C14H21N3O2/c1-2-3-4-7-10-19-13-9-6-5-8-12(13)11-16-17-14(15)18/h5-6,8-9,11H,2-4,7,10H2,1H3,(H3,15,17,18)/b16-11-. The third-order valence-electron chi connectivity index (χ3n) is 2.55. The number of nitrogens with two attached hydrogens (primary N) is 1. The fourth-order valence-electron chi connectivity index (χ4n) is 1.60. The Balaban J connectivity index is 2.48. The lowest BCUT2D eigenvalue weighted by Crippen LogP contribution is -2.24. The maximum Gasteiger partial charge on any atom is 0.332 e. The van der Waals surface area contributed by atoms with Crippen LogP contribution in [-0.4, -0.2) is 18.9 Å². The molecular formula is C14H21N3O2. The summed E-state index contributed by atoms with van der Waals surface area (Å²) in [6, 6.07) is 6.85. The van der Waals surface area contributed by atoms with Crippen LogP contribution in [-0.2, 0) is 0 Å². The Bertz CT molecular complexity index is 419. The summed E-state index contributed by atoms with van der Waals surface area (Å²) in [6.45, 7) is 2.87. The minimum Gasteiger partial charge on any atom is -0.493 e. The van der Waals surface area contributed by atoms with E-state index in [1.165, 1.54) is 25.5 Å². The molecule has 0 aromatic heterocycles. The van der Waals surface area contributed by atoms with Crippen molar-refractivity contribution in [3.8, 4) is 5.75 Å². The minimum absolute atomic E-state index is 0.686. The maximum absolute atomic E-state index is 10.5. The molecule has 0 heterocycles. The summed E-state index contributed by atoms with van der Waals surface area (Å²) in [6.07, 6.45) is 6.18. The Labute approximate surface area is 113 Å². The number of primary amides is 1. The van der Waals surface area contributed by atoms with Gasteiger partial charge in [0.05, 0.1) is 12.8 Å². The van der Waals surface area contributed by atoms with E-state index < -0.39 is 6.03 Å². The quantitative estimate of drug-likeness (QED) is 0.429. The highest BCUT2D eigenvalue weighted by atomic mass is 16.5. The van der Waals surface area contributed by atoms with Gasteiger partial charge in [0.25, 0.3) is 0 Å². The zero-order valence-corrected chi connectivity index (χ0v) is 11.3. The van der Waals surface area contributed by atoms with Crippen molar-refractivity contribution in [2.75, 3.05) is 6.61 Å². The first-order valence-corrected chi connectivity index (χ1v) is 6.54. The number of urea groups is 1. The number of hydrazone groups is 1. The summed E-state index contributed by atoms with van der Waals surface area (Å²) in [4.78, 5) is 10.5. The number of hydrogen-bond acceptors (Lipinski definition) is 3. The van der Waals surface area contributed by atoms with Gasteiger partial charge in [-0.05, 0) is 18.6 Å². The number of hydrogen-bond donors (Lipinski definition) is 2. The maximum atomic E-state index is 10.5. The van der Waals surface area contributed by atoms with Crippen LogP contribution in [0.5, 0.6) is 5.75 Å². The van der Waals surface area contributed by atoms with Crippen LogP contribution in [0.4, 0.5) is 4.79 Å². The van der Waals surface area contributed by atoms with Crippen LogP contribution in [0.1, 0.15) is 38.2 Å². The number of amides is 2. The van der Waals surface area contributed by atoms with Crippen molar-refractivity contribution >= 4 is 12.2 Å². The van der Waals surface area contributed by atoms with Gasteiger partial charge in [-0.25, -0.2) is 10.2 Å². The van der Waals surface area contributed by atoms with Crippen molar-refractivity contribution in [2.24, 2.45) is 10.8 Å². The van der Waals surface area contributed by atoms with Crippen LogP contribution < -0.4 is 15.9 Å². The molecule has 104 valence electrons. The lowest BCUT2D eigenvalue weighted by molar-refractivity contribution is 0.249. The van der Waals surface area contributed by atoms with E-state index in [4.69, 9.17) is 10.5 Å². The lowest BCUT2D eigenvalue weighted by Gasteiger charge is -2.08. The number of benzene rings is 1. The molecule has 2 amide bonds. The minimum atomic E-state index is -0.686. The van der Waals surface area contributed by atoms with Crippen molar-refractivity contribution in [3.05, 3.63) is 29.8 Å². The van der Waals surface area contributed by atoms with Crippen LogP contribution in [0.3, 0.4) is 0 Å². The van der Waals surface area contributed by atoms with Crippen molar-refractivity contribution in [2.45, 2.75) is 32.6 Å². The molecule has 0 aliphatic carbocycles. The lowest BCUT2D eigenvalue weighted by atomic mass is 10.2. The van der Waals surface area contributed by atoms with Gasteiger partial charge in [0.1, 0.15) is 5.75 Å². The van der Waals surface area contributed by atoms with Gasteiger partial charge in [0, 0.05) is 5.56 Å². The van der Waals surface area contributed by atoms with Crippen LogP contribution in [0.2, 0.25) is 0 Å². The number of nitrogens with zero attached hydrogens (tertiary/aromatic N) is 1. The van der Waals surface area contributed by atoms with E-state index in [9.17, 15) is 4.79 Å². The molecule has 0 unspecified atom stereocenters. The molecule has 0 atom stereocenters. The average molecular weight is 263 g/mol.